The van der Waals surface area contributed by atoms with E-state index in [9.17, 15) is 0 Å². The molecule has 0 saturated carbocycles. The van der Waals surface area contributed by atoms with Gasteiger partial charge in [-0.1, -0.05) is 38.6 Å². The fraction of sp³-hybridized carbons (Fsp3) is 0.571. The minimum absolute atomic E-state index is 0.358. The van der Waals surface area contributed by atoms with Gasteiger partial charge in [-0.25, -0.2) is 4.98 Å². The van der Waals surface area contributed by atoms with E-state index in [1.54, 1.807) is 0 Å². The Hall–Kier alpha value is -1.16. The molecule has 0 aliphatic rings. The number of hydrogen-bond donors (Lipinski definition) is 1. The zero-order valence-electron chi connectivity index (χ0n) is 11.5. The number of nitrogens with two attached hydrogens (primary N) is 1. The van der Waals surface area contributed by atoms with Crippen molar-refractivity contribution in [2.45, 2.75) is 46.1 Å². The first kappa shape index (κ1) is 14.9. The zero-order chi connectivity index (χ0) is 13.5. The molecule has 0 aliphatic heterocycles. The summed E-state index contributed by atoms with van der Waals surface area (Å²) in [6.07, 6.45) is 3.45. The molecule has 1 rings (SSSR count). The van der Waals surface area contributed by atoms with Crippen molar-refractivity contribution in [3.63, 3.8) is 0 Å². The predicted molar refractivity (Wildman–Crippen MR) is 82.1 cm³/mol. The van der Waals surface area contributed by atoms with Gasteiger partial charge in [0.05, 0.1) is 5.69 Å². The molecular weight excluding hydrogens is 242 g/mol. The number of nitrogens with zero attached hydrogens (tertiary/aromatic N) is 2. The Morgan fingerprint density at radius 3 is 2.72 bits per heavy atom. The van der Waals surface area contributed by atoms with Crippen LogP contribution in [-0.2, 0) is 0 Å². The standard InChI is InChI=1S/C14H23N3S/c1-4-6-10-17(11(3)5-2)13-9-7-8-12(16-13)14(15)18/h7-9,11H,4-6,10H2,1-3H3,(H2,15,18). The second-order valence-electron chi connectivity index (χ2n) is 4.55. The van der Waals surface area contributed by atoms with E-state index in [4.69, 9.17) is 18.0 Å². The maximum atomic E-state index is 5.64. The number of unbranched alkanes of at least 4 members (excludes halogenated alkanes) is 1. The molecule has 0 radical (unpaired) electrons. The summed E-state index contributed by atoms with van der Waals surface area (Å²) < 4.78 is 0. The van der Waals surface area contributed by atoms with Crippen molar-refractivity contribution >= 4 is 23.0 Å². The number of hydrogen-bond acceptors (Lipinski definition) is 3. The molecule has 0 amide bonds. The second kappa shape index (κ2) is 7.31. The number of rotatable bonds is 7. The molecule has 100 valence electrons. The van der Waals surface area contributed by atoms with Gasteiger partial charge in [0.1, 0.15) is 10.8 Å². The van der Waals surface area contributed by atoms with Gasteiger partial charge in [-0.05, 0) is 31.9 Å². The Morgan fingerprint density at radius 1 is 1.44 bits per heavy atom. The molecule has 2 N–H and O–H groups in total. The highest BCUT2D eigenvalue weighted by Crippen LogP contribution is 2.17. The van der Waals surface area contributed by atoms with E-state index >= 15 is 0 Å². The molecule has 1 unspecified atom stereocenters. The van der Waals surface area contributed by atoms with Crippen molar-refractivity contribution in [1.82, 2.24) is 4.98 Å². The van der Waals surface area contributed by atoms with E-state index in [1.807, 2.05) is 18.2 Å². The normalized spacial score (nSPS) is 12.2. The van der Waals surface area contributed by atoms with Gasteiger partial charge in [0.2, 0.25) is 0 Å². The van der Waals surface area contributed by atoms with Crippen molar-refractivity contribution in [2.75, 3.05) is 11.4 Å². The fourth-order valence-corrected chi connectivity index (χ4v) is 1.94. The summed E-state index contributed by atoms with van der Waals surface area (Å²) in [7, 11) is 0. The van der Waals surface area contributed by atoms with Crippen LogP contribution >= 0.6 is 12.2 Å². The van der Waals surface area contributed by atoms with Crippen LogP contribution in [0.5, 0.6) is 0 Å². The highest BCUT2D eigenvalue weighted by atomic mass is 32.1. The second-order valence-corrected chi connectivity index (χ2v) is 4.99. The third-order valence-corrected chi connectivity index (χ3v) is 3.37. The summed E-state index contributed by atoms with van der Waals surface area (Å²) in [6, 6.07) is 6.34. The Bertz CT molecular complexity index is 392. The molecule has 0 aromatic carbocycles. The third-order valence-electron chi connectivity index (χ3n) is 3.16. The first-order valence-corrected chi connectivity index (χ1v) is 7.04. The molecule has 18 heavy (non-hydrogen) atoms. The van der Waals surface area contributed by atoms with E-state index in [0.717, 1.165) is 18.8 Å². The lowest BCUT2D eigenvalue weighted by atomic mass is 10.2. The summed E-state index contributed by atoms with van der Waals surface area (Å²) >= 11 is 4.99. The Kier molecular flexibility index (Phi) is 6.05. The summed E-state index contributed by atoms with van der Waals surface area (Å²) in [5, 5.41) is 0. The fourth-order valence-electron chi connectivity index (χ4n) is 1.83. The van der Waals surface area contributed by atoms with Crippen molar-refractivity contribution in [2.24, 2.45) is 5.73 Å². The molecule has 1 aromatic heterocycles. The van der Waals surface area contributed by atoms with Gasteiger partial charge >= 0.3 is 0 Å². The van der Waals surface area contributed by atoms with E-state index in [2.05, 4.69) is 30.7 Å². The number of anilines is 1. The van der Waals surface area contributed by atoms with E-state index in [1.165, 1.54) is 12.8 Å². The molecule has 0 aliphatic carbocycles. The largest absolute Gasteiger partial charge is 0.388 e. The molecule has 3 nitrogen and oxygen atoms in total. The Labute approximate surface area is 115 Å². The van der Waals surface area contributed by atoms with Crippen molar-refractivity contribution in [1.29, 1.82) is 0 Å². The average Bonchev–Trinajstić information content (AvgIpc) is 2.39. The maximum absolute atomic E-state index is 5.64. The molecule has 1 heterocycles. The van der Waals surface area contributed by atoms with Gasteiger partial charge in [0, 0.05) is 12.6 Å². The molecule has 0 fully saturated rings. The Morgan fingerprint density at radius 2 is 2.17 bits per heavy atom. The quantitative estimate of drug-likeness (QED) is 0.769. The predicted octanol–water partition coefficient (Wildman–Crippen LogP) is 3.12. The highest BCUT2D eigenvalue weighted by molar-refractivity contribution is 7.80. The van der Waals surface area contributed by atoms with Crippen LogP contribution in [0, 0.1) is 0 Å². The SMILES string of the molecule is CCCCN(c1cccc(C(N)=S)n1)C(C)CC. The van der Waals surface area contributed by atoms with Crippen LogP contribution in [0.4, 0.5) is 5.82 Å². The van der Waals surface area contributed by atoms with Crippen LogP contribution < -0.4 is 10.6 Å². The first-order valence-electron chi connectivity index (χ1n) is 6.63. The molecule has 1 aromatic rings. The highest BCUT2D eigenvalue weighted by Gasteiger charge is 2.14. The topological polar surface area (TPSA) is 42.1 Å². The van der Waals surface area contributed by atoms with Gasteiger partial charge < -0.3 is 10.6 Å². The molecule has 0 bridgehead atoms. The summed E-state index contributed by atoms with van der Waals surface area (Å²) in [6.45, 7) is 7.65. The zero-order valence-corrected chi connectivity index (χ0v) is 12.3. The van der Waals surface area contributed by atoms with E-state index < -0.39 is 0 Å². The van der Waals surface area contributed by atoms with Crippen molar-refractivity contribution in [3.8, 4) is 0 Å². The lowest BCUT2D eigenvalue weighted by Gasteiger charge is -2.30. The minimum Gasteiger partial charge on any atom is -0.388 e. The average molecular weight is 265 g/mol. The first-order chi connectivity index (χ1) is 8.60. The Balaban J connectivity index is 2.96. The number of thiocarbonyl (C=S) groups is 1. The lowest BCUT2D eigenvalue weighted by Crippen LogP contribution is -2.34. The molecule has 4 heteroatoms. The van der Waals surface area contributed by atoms with Crippen LogP contribution in [-0.4, -0.2) is 22.6 Å². The molecular formula is C14H23N3S. The summed E-state index contributed by atoms with van der Waals surface area (Å²) in [4.78, 5) is 7.25. The van der Waals surface area contributed by atoms with Gasteiger partial charge in [0.15, 0.2) is 0 Å². The van der Waals surface area contributed by atoms with E-state index in [-0.39, 0.29) is 0 Å². The van der Waals surface area contributed by atoms with Gasteiger partial charge in [-0.2, -0.15) is 0 Å². The van der Waals surface area contributed by atoms with Crippen molar-refractivity contribution in [3.05, 3.63) is 23.9 Å². The number of aromatic nitrogens is 1. The lowest BCUT2D eigenvalue weighted by molar-refractivity contribution is 0.589. The molecule has 0 spiro atoms. The molecule has 1 atom stereocenters. The van der Waals surface area contributed by atoms with E-state index in [0.29, 0.717) is 16.7 Å². The summed E-state index contributed by atoms with van der Waals surface area (Å²) in [5.41, 5.74) is 6.34. The van der Waals surface area contributed by atoms with Crippen LogP contribution in [0.25, 0.3) is 0 Å². The van der Waals surface area contributed by atoms with Crippen molar-refractivity contribution < 1.29 is 0 Å². The molecule has 0 saturated heterocycles. The van der Waals surface area contributed by atoms with Crippen LogP contribution in [0.1, 0.15) is 45.7 Å². The van der Waals surface area contributed by atoms with Gasteiger partial charge in [-0.3, -0.25) is 0 Å². The van der Waals surface area contributed by atoms with Crippen LogP contribution in [0.15, 0.2) is 18.2 Å². The minimum atomic E-state index is 0.358. The summed E-state index contributed by atoms with van der Waals surface area (Å²) in [5.74, 6) is 0.975. The van der Waals surface area contributed by atoms with Gasteiger partial charge in [-0.15, -0.1) is 0 Å². The number of pyridine rings is 1. The van der Waals surface area contributed by atoms with Gasteiger partial charge in [0.25, 0.3) is 0 Å². The van der Waals surface area contributed by atoms with Crippen LogP contribution in [0.2, 0.25) is 0 Å². The monoisotopic (exact) mass is 265 g/mol. The smallest absolute Gasteiger partial charge is 0.129 e. The maximum Gasteiger partial charge on any atom is 0.129 e. The van der Waals surface area contributed by atoms with Crippen LogP contribution in [0.3, 0.4) is 0 Å². The third kappa shape index (κ3) is 3.95.